The van der Waals surface area contributed by atoms with Crippen LogP contribution in [0.3, 0.4) is 0 Å². The Morgan fingerprint density at radius 1 is 1.42 bits per heavy atom. The number of nitrogen functional groups attached to an aromatic ring is 1. The Hall–Kier alpha value is -1.89. The first-order valence-electron chi connectivity index (χ1n) is 8.15. The van der Waals surface area contributed by atoms with Crippen molar-refractivity contribution >= 4 is 11.6 Å². The highest BCUT2D eigenvalue weighted by Crippen LogP contribution is 2.41. The van der Waals surface area contributed by atoms with E-state index < -0.39 is 35.9 Å². The van der Waals surface area contributed by atoms with Gasteiger partial charge in [-0.1, -0.05) is 0 Å². The molecular formula is C17H23F2N3O2. The minimum Gasteiger partial charge on any atom is -0.487 e. The highest BCUT2D eigenvalue weighted by Gasteiger charge is 2.47. The van der Waals surface area contributed by atoms with Crippen LogP contribution < -0.4 is 21.1 Å². The average molecular weight is 339 g/mol. The molecule has 1 saturated heterocycles. The van der Waals surface area contributed by atoms with Gasteiger partial charge < -0.3 is 21.1 Å². The molecule has 24 heavy (non-hydrogen) atoms. The molecule has 1 amide bonds. The molecule has 0 saturated carbocycles. The van der Waals surface area contributed by atoms with Gasteiger partial charge in [0, 0.05) is 17.7 Å². The number of piperidine rings is 1. The fourth-order valence-electron chi connectivity index (χ4n) is 3.43. The van der Waals surface area contributed by atoms with E-state index in [1.165, 1.54) is 0 Å². The van der Waals surface area contributed by atoms with Gasteiger partial charge in [-0.05, 0) is 45.0 Å². The summed E-state index contributed by atoms with van der Waals surface area (Å²) in [6, 6.07) is 4.81. The molecule has 0 aliphatic carbocycles. The first-order valence-corrected chi connectivity index (χ1v) is 8.15. The van der Waals surface area contributed by atoms with Crippen molar-refractivity contribution in [2.45, 2.75) is 44.3 Å². The van der Waals surface area contributed by atoms with Crippen LogP contribution >= 0.6 is 0 Å². The number of hydrogen-bond donors (Lipinski definition) is 3. The number of nitrogens with two attached hydrogens (primary N) is 1. The predicted octanol–water partition coefficient (Wildman–Crippen LogP) is 2.23. The average Bonchev–Trinajstić information content (AvgIpc) is 2.46. The highest BCUT2D eigenvalue weighted by atomic mass is 19.3. The van der Waals surface area contributed by atoms with Gasteiger partial charge >= 0.3 is 0 Å². The fraction of sp³-hybridized carbons (Fsp3) is 0.588. The number of alkyl halides is 2. The van der Waals surface area contributed by atoms with Crippen LogP contribution in [0.25, 0.3) is 0 Å². The number of carbonyl (C=O) groups excluding carboxylic acids is 1. The lowest BCUT2D eigenvalue weighted by Crippen LogP contribution is -2.53. The van der Waals surface area contributed by atoms with Crippen LogP contribution in [0.5, 0.6) is 5.75 Å². The number of benzene rings is 1. The molecule has 0 bridgehead atoms. The monoisotopic (exact) mass is 339 g/mol. The Morgan fingerprint density at radius 3 is 2.88 bits per heavy atom. The summed E-state index contributed by atoms with van der Waals surface area (Å²) in [6.45, 7) is 3.76. The van der Waals surface area contributed by atoms with Gasteiger partial charge in [-0.3, -0.25) is 4.79 Å². The molecule has 132 valence electrons. The van der Waals surface area contributed by atoms with Crippen LogP contribution in [0.1, 0.15) is 38.3 Å². The summed E-state index contributed by atoms with van der Waals surface area (Å²) < 4.78 is 33.9. The van der Waals surface area contributed by atoms with Gasteiger partial charge in [0.25, 0.3) is 5.92 Å². The van der Waals surface area contributed by atoms with Crippen molar-refractivity contribution in [3.63, 3.8) is 0 Å². The van der Waals surface area contributed by atoms with E-state index in [1.807, 2.05) is 13.8 Å². The standard InChI is InChI=1S/C17H23F2N3O2/c1-16(2)8-13(11-7-10(20)3-4-14(11)24-16)22-15(23)12-5-6-21-9-17(12,18)19/h3-4,7,12-13,21H,5-6,8-9,20H2,1-2H3,(H,22,23). The second-order valence-electron chi connectivity index (χ2n) is 7.20. The molecule has 2 heterocycles. The third-order valence-electron chi connectivity index (χ3n) is 4.60. The van der Waals surface area contributed by atoms with Crippen LogP contribution in [-0.2, 0) is 4.79 Å². The Kier molecular flexibility index (Phi) is 4.15. The number of amides is 1. The number of anilines is 1. The quantitative estimate of drug-likeness (QED) is 0.722. The summed E-state index contributed by atoms with van der Waals surface area (Å²) in [5.41, 5.74) is 6.61. The molecule has 5 nitrogen and oxygen atoms in total. The van der Waals surface area contributed by atoms with E-state index >= 15 is 0 Å². The maximum atomic E-state index is 14.0. The fourth-order valence-corrected chi connectivity index (χ4v) is 3.43. The lowest BCUT2D eigenvalue weighted by molar-refractivity contribution is -0.144. The molecule has 0 aromatic heterocycles. The SMILES string of the molecule is CC1(C)CC(NC(=O)C2CCNCC2(F)F)c2cc(N)ccc2O1. The second-order valence-corrected chi connectivity index (χ2v) is 7.20. The first-order chi connectivity index (χ1) is 11.2. The van der Waals surface area contributed by atoms with Crippen molar-refractivity contribution in [1.29, 1.82) is 0 Å². The Morgan fingerprint density at radius 2 is 2.17 bits per heavy atom. The van der Waals surface area contributed by atoms with Gasteiger partial charge in [-0.2, -0.15) is 0 Å². The third-order valence-corrected chi connectivity index (χ3v) is 4.60. The van der Waals surface area contributed by atoms with Gasteiger partial charge in [0.2, 0.25) is 5.91 Å². The first kappa shape index (κ1) is 17.0. The molecule has 2 aliphatic rings. The minimum atomic E-state index is -3.04. The molecule has 3 rings (SSSR count). The smallest absolute Gasteiger partial charge is 0.271 e. The van der Waals surface area contributed by atoms with Crippen molar-refractivity contribution in [3.05, 3.63) is 23.8 Å². The molecule has 2 unspecified atom stereocenters. The number of ether oxygens (including phenoxy) is 1. The van der Waals surface area contributed by atoms with E-state index in [9.17, 15) is 13.6 Å². The van der Waals surface area contributed by atoms with Crippen LogP contribution in [0, 0.1) is 5.92 Å². The molecule has 1 aromatic carbocycles. The normalized spacial score (nSPS) is 27.7. The van der Waals surface area contributed by atoms with E-state index in [0.29, 0.717) is 24.4 Å². The Balaban J connectivity index is 1.84. The number of rotatable bonds is 2. The van der Waals surface area contributed by atoms with E-state index in [4.69, 9.17) is 10.5 Å². The van der Waals surface area contributed by atoms with Gasteiger partial charge in [-0.25, -0.2) is 8.78 Å². The lowest BCUT2D eigenvalue weighted by atomic mass is 9.87. The van der Waals surface area contributed by atoms with E-state index in [2.05, 4.69) is 10.6 Å². The number of nitrogens with one attached hydrogen (secondary N) is 2. The Bertz CT molecular complexity index is 649. The predicted molar refractivity (Wildman–Crippen MR) is 87.0 cm³/mol. The lowest BCUT2D eigenvalue weighted by Gasteiger charge is -2.39. The maximum Gasteiger partial charge on any atom is 0.271 e. The molecule has 0 radical (unpaired) electrons. The van der Waals surface area contributed by atoms with Gasteiger partial charge in [0.05, 0.1) is 12.6 Å². The van der Waals surface area contributed by atoms with Crippen LogP contribution in [0.2, 0.25) is 0 Å². The molecule has 2 atom stereocenters. The van der Waals surface area contributed by atoms with Crippen LogP contribution in [0.4, 0.5) is 14.5 Å². The van der Waals surface area contributed by atoms with E-state index in [1.54, 1.807) is 18.2 Å². The van der Waals surface area contributed by atoms with Crippen molar-refractivity contribution < 1.29 is 18.3 Å². The number of halogens is 2. The minimum absolute atomic E-state index is 0.120. The van der Waals surface area contributed by atoms with E-state index in [-0.39, 0.29) is 6.42 Å². The van der Waals surface area contributed by atoms with E-state index in [0.717, 1.165) is 5.56 Å². The maximum absolute atomic E-state index is 14.0. The third kappa shape index (κ3) is 3.31. The van der Waals surface area contributed by atoms with Crippen molar-refractivity contribution in [1.82, 2.24) is 10.6 Å². The summed E-state index contributed by atoms with van der Waals surface area (Å²) in [6.07, 6.45) is 0.612. The summed E-state index contributed by atoms with van der Waals surface area (Å²) in [5, 5.41) is 5.43. The zero-order chi connectivity index (χ0) is 17.5. The molecule has 0 spiro atoms. The molecular weight excluding hydrogens is 316 g/mol. The van der Waals surface area contributed by atoms with Gasteiger partial charge in [0.1, 0.15) is 17.3 Å². The van der Waals surface area contributed by atoms with Gasteiger partial charge in [-0.15, -0.1) is 0 Å². The summed E-state index contributed by atoms with van der Waals surface area (Å²) in [7, 11) is 0. The van der Waals surface area contributed by atoms with Crippen molar-refractivity contribution in [3.8, 4) is 5.75 Å². The summed E-state index contributed by atoms with van der Waals surface area (Å²) >= 11 is 0. The molecule has 4 N–H and O–H groups in total. The zero-order valence-electron chi connectivity index (χ0n) is 13.9. The highest BCUT2D eigenvalue weighted by molar-refractivity contribution is 5.80. The summed E-state index contributed by atoms with van der Waals surface area (Å²) in [4.78, 5) is 12.5. The molecule has 1 fully saturated rings. The topological polar surface area (TPSA) is 76.4 Å². The van der Waals surface area contributed by atoms with Gasteiger partial charge in [0.15, 0.2) is 0 Å². The van der Waals surface area contributed by atoms with Crippen LogP contribution in [-0.4, -0.2) is 30.5 Å². The van der Waals surface area contributed by atoms with Crippen molar-refractivity contribution in [2.24, 2.45) is 5.92 Å². The summed E-state index contributed by atoms with van der Waals surface area (Å²) in [5.74, 6) is -4.34. The van der Waals surface area contributed by atoms with Crippen molar-refractivity contribution in [2.75, 3.05) is 18.8 Å². The molecule has 1 aromatic rings. The molecule has 2 aliphatic heterocycles. The second kappa shape index (κ2) is 5.88. The van der Waals surface area contributed by atoms with Crippen LogP contribution in [0.15, 0.2) is 18.2 Å². The largest absolute Gasteiger partial charge is 0.487 e. The number of carbonyl (C=O) groups is 1. The number of fused-ring (bicyclic) bond motifs is 1. The Labute approximate surface area is 139 Å². The zero-order valence-corrected chi connectivity index (χ0v) is 13.9. The number of hydrogen-bond acceptors (Lipinski definition) is 4. The molecule has 7 heteroatoms.